The molecule has 1 fully saturated rings. The Bertz CT molecular complexity index is 604. The van der Waals surface area contributed by atoms with E-state index in [1.165, 1.54) is 0 Å². The van der Waals surface area contributed by atoms with Gasteiger partial charge in [0.15, 0.2) is 0 Å². The van der Waals surface area contributed by atoms with E-state index in [9.17, 15) is 0 Å². The Morgan fingerprint density at radius 2 is 1.77 bits per heavy atom. The molecule has 0 aliphatic carbocycles. The topological polar surface area (TPSA) is 56.8 Å². The Kier molecular flexibility index (Phi) is 5.00. The number of hydrogen-bond acceptors (Lipinski definition) is 5. The number of isothiocyanates is 1. The van der Waals surface area contributed by atoms with Crippen LogP contribution in [0.15, 0.2) is 34.7 Å². The number of hydrogen-bond donors (Lipinski definition) is 1. The third kappa shape index (κ3) is 3.54. The van der Waals surface area contributed by atoms with Crippen molar-refractivity contribution in [1.82, 2.24) is 0 Å². The van der Waals surface area contributed by atoms with Gasteiger partial charge in [-0.15, -0.1) is 0 Å². The molecule has 0 unspecified atom stereocenters. The SMILES string of the molecule is CC1(C)OB(C(=Cc2ccc(N=C=S)cc2)CN)OC1(C)C. The lowest BCUT2D eigenvalue weighted by atomic mass is 9.77. The molecule has 0 bridgehead atoms. The first kappa shape index (κ1) is 17.1. The molecule has 116 valence electrons. The molecule has 1 aliphatic heterocycles. The molecule has 1 saturated heterocycles. The van der Waals surface area contributed by atoms with Gasteiger partial charge in [0.05, 0.1) is 22.1 Å². The van der Waals surface area contributed by atoms with Crippen LogP contribution < -0.4 is 5.73 Å². The van der Waals surface area contributed by atoms with Crippen LogP contribution in [0.4, 0.5) is 5.69 Å². The number of benzene rings is 1. The number of nitrogens with two attached hydrogens (primary N) is 1. The molecule has 0 atom stereocenters. The van der Waals surface area contributed by atoms with E-state index in [0.717, 1.165) is 16.7 Å². The zero-order valence-corrected chi connectivity index (χ0v) is 14.2. The van der Waals surface area contributed by atoms with E-state index in [2.05, 4.69) is 22.4 Å². The van der Waals surface area contributed by atoms with E-state index in [-0.39, 0.29) is 11.2 Å². The summed E-state index contributed by atoms with van der Waals surface area (Å²) >= 11 is 4.59. The number of aliphatic imine (C=N–C) groups is 1. The summed E-state index contributed by atoms with van der Waals surface area (Å²) in [5.74, 6) is 0. The van der Waals surface area contributed by atoms with Crippen LogP contribution in [0, 0.1) is 0 Å². The molecule has 0 radical (unpaired) electrons. The lowest BCUT2D eigenvalue weighted by molar-refractivity contribution is 0.00578. The van der Waals surface area contributed by atoms with Gasteiger partial charge in [-0.1, -0.05) is 18.2 Å². The van der Waals surface area contributed by atoms with Gasteiger partial charge in [0.1, 0.15) is 0 Å². The minimum atomic E-state index is -0.423. The summed E-state index contributed by atoms with van der Waals surface area (Å²) in [6, 6.07) is 7.66. The maximum atomic E-state index is 6.04. The van der Waals surface area contributed by atoms with Crippen molar-refractivity contribution in [2.24, 2.45) is 10.7 Å². The minimum absolute atomic E-state index is 0.371. The molecule has 1 heterocycles. The number of thiocarbonyl (C=S) groups is 1. The van der Waals surface area contributed by atoms with Crippen LogP contribution in [0.1, 0.15) is 33.3 Å². The van der Waals surface area contributed by atoms with Gasteiger partial charge in [0.25, 0.3) is 0 Å². The molecular weight excluding hydrogens is 295 g/mol. The van der Waals surface area contributed by atoms with Crippen LogP contribution in [-0.2, 0) is 9.31 Å². The first-order valence-corrected chi connectivity index (χ1v) is 7.64. The fraction of sp³-hybridized carbons (Fsp3) is 0.438. The first-order valence-electron chi connectivity index (χ1n) is 7.23. The summed E-state index contributed by atoms with van der Waals surface area (Å²) in [6.07, 6.45) is 1.99. The third-order valence-electron chi connectivity index (χ3n) is 4.21. The maximum Gasteiger partial charge on any atom is 0.491 e. The standard InChI is InChI=1S/C16H21BN2O2S/c1-15(2)16(3,4)21-17(20-15)13(10-18)9-12-5-7-14(8-6-12)19-11-22/h5-9H,10,18H2,1-4H3. The average Bonchev–Trinajstić information content (AvgIpc) is 2.67. The van der Waals surface area contributed by atoms with Gasteiger partial charge in [0, 0.05) is 6.54 Å². The highest BCUT2D eigenvalue weighted by Gasteiger charge is 2.52. The van der Waals surface area contributed by atoms with E-state index in [4.69, 9.17) is 15.0 Å². The van der Waals surface area contributed by atoms with Crippen molar-refractivity contribution >= 4 is 36.3 Å². The van der Waals surface area contributed by atoms with Crippen molar-refractivity contribution < 1.29 is 9.31 Å². The average molecular weight is 316 g/mol. The quantitative estimate of drug-likeness (QED) is 0.525. The Balaban J connectivity index is 2.23. The van der Waals surface area contributed by atoms with Crippen molar-refractivity contribution in [3.8, 4) is 0 Å². The molecule has 2 rings (SSSR count). The molecular formula is C16H21BN2O2S. The molecule has 0 saturated carbocycles. The molecule has 4 nitrogen and oxygen atoms in total. The highest BCUT2D eigenvalue weighted by atomic mass is 32.1. The number of nitrogens with zero attached hydrogens (tertiary/aromatic N) is 1. The second kappa shape index (κ2) is 6.45. The van der Waals surface area contributed by atoms with E-state index in [0.29, 0.717) is 6.54 Å². The summed E-state index contributed by atoms with van der Waals surface area (Å²) in [6.45, 7) is 8.48. The zero-order chi connectivity index (χ0) is 16.4. The maximum absolute atomic E-state index is 6.04. The van der Waals surface area contributed by atoms with Gasteiger partial charge < -0.3 is 15.0 Å². The first-order chi connectivity index (χ1) is 10.3. The fourth-order valence-electron chi connectivity index (χ4n) is 2.13. The van der Waals surface area contributed by atoms with Crippen LogP contribution in [0.3, 0.4) is 0 Å². The van der Waals surface area contributed by atoms with E-state index >= 15 is 0 Å². The Hall–Kier alpha value is -1.30. The molecule has 1 aliphatic rings. The highest BCUT2D eigenvalue weighted by molar-refractivity contribution is 7.78. The smallest absolute Gasteiger partial charge is 0.400 e. The zero-order valence-electron chi connectivity index (χ0n) is 13.4. The molecule has 1 aromatic rings. The molecule has 6 heteroatoms. The Morgan fingerprint density at radius 1 is 1.23 bits per heavy atom. The van der Waals surface area contributed by atoms with Gasteiger partial charge >= 0.3 is 7.12 Å². The van der Waals surface area contributed by atoms with Crippen molar-refractivity contribution in [3.05, 3.63) is 35.3 Å². The lowest BCUT2D eigenvalue weighted by Crippen LogP contribution is -2.41. The van der Waals surface area contributed by atoms with Crippen molar-refractivity contribution in [1.29, 1.82) is 0 Å². The summed E-state index contributed by atoms with van der Waals surface area (Å²) in [7, 11) is -0.423. The summed E-state index contributed by atoms with van der Waals surface area (Å²) in [4.78, 5) is 3.93. The molecule has 0 aromatic heterocycles. The molecule has 0 amide bonds. The van der Waals surface area contributed by atoms with Crippen LogP contribution >= 0.6 is 12.2 Å². The molecule has 0 spiro atoms. The normalized spacial score (nSPS) is 19.9. The summed E-state index contributed by atoms with van der Waals surface area (Å²) < 4.78 is 12.1. The molecule has 1 aromatic carbocycles. The van der Waals surface area contributed by atoms with Crippen LogP contribution in [0.2, 0.25) is 0 Å². The second-order valence-corrected chi connectivity index (χ2v) is 6.49. The van der Waals surface area contributed by atoms with E-state index in [1.807, 2.05) is 58.0 Å². The van der Waals surface area contributed by atoms with Gasteiger partial charge in [-0.25, -0.2) is 0 Å². The van der Waals surface area contributed by atoms with E-state index < -0.39 is 7.12 Å². The van der Waals surface area contributed by atoms with Gasteiger partial charge in [-0.05, 0) is 63.1 Å². The lowest BCUT2D eigenvalue weighted by Gasteiger charge is -2.32. The van der Waals surface area contributed by atoms with Crippen molar-refractivity contribution in [3.63, 3.8) is 0 Å². The van der Waals surface area contributed by atoms with Crippen LogP contribution in [-0.4, -0.2) is 30.0 Å². The van der Waals surface area contributed by atoms with Crippen molar-refractivity contribution in [2.75, 3.05) is 6.54 Å². The monoisotopic (exact) mass is 316 g/mol. The van der Waals surface area contributed by atoms with Gasteiger partial charge in [-0.2, -0.15) is 4.99 Å². The van der Waals surface area contributed by atoms with Gasteiger partial charge in [-0.3, -0.25) is 0 Å². The second-order valence-electron chi connectivity index (χ2n) is 6.31. The molecule has 22 heavy (non-hydrogen) atoms. The highest BCUT2D eigenvalue weighted by Crippen LogP contribution is 2.38. The third-order valence-corrected chi connectivity index (χ3v) is 4.30. The fourth-order valence-corrected chi connectivity index (χ4v) is 2.23. The Labute approximate surface area is 137 Å². The molecule has 2 N–H and O–H groups in total. The minimum Gasteiger partial charge on any atom is -0.400 e. The van der Waals surface area contributed by atoms with Crippen LogP contribution in [0.25, 0.3) is 6.08 Å². The van der Waals surface area contributed by atoms with E-state index in [1.54, 1.807) is 0 Å². The summed E-state index contributed by atoms with van der Waals surface area (Å²) in [5.41, 5.74) is 7.84. The number of rotatable bonds is 4. The predicted octanol–water partition coefficient (Wildman–Crippen LogP) is 3.39. The van der Waals surface area contributed by atoms with Gasteiger partial charge in [0.2, 0.25) is 0 Å². The summed E-state index contributed by atoms with van der Waals surface area (Å²) in [5, 5.41) is 2.35. The van der Waals surface area contributed by atoms with Crippen molar-refractivity contribution in [2.45, 2.75) is 38.9 Å². The predicted molar refractivity (Wildman–Crippen MR) is 94.2 cm³/mol. The largest absolute Gasteiger partial charge is 0.491 e. The van der Waals surface area contributed by atoms with Crippen LogP contribution in [0.5, 0.6) is 0 Å². The Morgan fingerprint density at radius 3 is 2.23 bits per heavy atom.